The molecular formula is C17H24N2OS. The SMILES string of the molecule is CCCNC(Cc1ccc(OC)cc1)c1sc(C)nc1C. The van der Waals surface area contributed by atoms with Gasteiger partial charge in [-0.15, -0.1) is 11.3 Å². The molecule has 0 bridgehead atoms. The lowest BCUT2D eigenvalue weighted by molar-refractivity contribution is 0.414. The van der Waals surface area contributed by atoms with Crippen LogP contribution in [0.25, 0.3) is 0 Å². The lowest BCUT2D eigenvalue weighted by Crippen LogP contribution is -2.24. The molecule has 0 spiro atoms. The number of nitrogens with zero attached hydrogens (tertiary/aromatic N) is 1. The minimum atomic E-state index is 0.338. The zero-order valence-corrected chi connectivity index (χ0v) is 14.1. The minimum absolute atomic E-state index is 0.338. The average Bonchev–Trinajstić information content (AvgIpc) is 2.83. The Bertz CT molecular complexity index is 563. The second-order valence-corrected chi connectivity index (χ2v) is 6.48. The number of rotatable bonds is 7. The monoisotopic (exact) mass is 304 g/mol. The summed E-state index contributed by atoms with van der Waals surface area (Å²) in [6.45, 7) is 7.40. The van der Waals surface area contributed by atoms with Gasteiger partial charge in [-0.25, -0.2) is 4.98 Å². The third-order valence-corrected chi connectivity index (χ3v) is 4.68. The Kier molecular flexibility index (Phi) is 5.76. The topological polar surface area (TPSA) is 34.1 Å². The van der Waals surface area contributed by atoms with E-state index in [4.69, 9.17) is 4.74 Å². The van der Waals surface area contributed by atoms with Gasteiger partial charge in [0.1, 0.15) is 5.75 Å². The maximum Gasteiger partial charge on any atom is 0.118 e. The van der Waals surface area contributed by atoms with Gasteiger partial charge >= 0.3 is 0 Å². The van der Waals surface area contributed by atoms with Crippen molar-refractivity contribution in [3.05, 3.63) is 45.4 Å². The van der Waals surface area contributed by atoms with E-state index in [0.29, 0.717) is 6.04 Å². The third kappa shape index (κ3) is 4.29. The first-order chi connectivity index (χ1) is 10.1. The number of aryl methyl sites for hydroxylation is 2. The van der Waals surface area contributed by atoms with Gasteiger partial charge in [-0.1, -0.05) is 19.1 Å². The fourth-order valence-electron chi connectivity index (χ4n) is 2.44. The minimum Gasteiger partial charge on any atom is -0.497 e. The summed E-state index contributed by atoms with van der Waals surface area (Å²) < 4.78 is 5.22. The first-order valence-electron chi connectivity index (χ1n) is 7.44. The van der Waals surface area contributed by atoms with Gasteiger partial charge in [0.25, 0.3) is 0 Å². The summed E-state index contributed by atoms with van der Waals surface area (Å²) in [6.07, 6.45) is 2.11. The molecule has 0 fully saturated rings. The molecule has 2 rings (SSSR count). The van der Waals surface area contributed by atoms with Gasteiger partial charge in [0.2, 0.25) is 0 Å². The Morgan fingerprint density at radius 2 is 1.95 bits per heavy atom. The molecule has 2 aromatic rings. The second-order valence-electron chi connectivity index (χ2n) is 5.24. The van der Waals surface area contributed by atoms with Crippen molar-refractivity contribution in [2.45, 2.75) is 39.7 Å². The molecule has 3 nitrogen and oxygen atoms in total. The first-order valence-corrected chi connectivity index (χ1v) is 8.26. The van der Waals surface area contributed by atoms with Crippen LogP contribution in [0.5, 0.6) is 5.75 Å². The highest BCUT2D eigenvalue weighted by atomic mass is 32.1. The van der Waals surface area contributed by atoms with E-state index in [0.717, 1.165) is 35.8 Å². The Labute approximate surface area is 131 Å². The molecule has 114 valence electrons. The predicted molar refractivity (Wildman–Crippen MR) is 89.3 cm³/mol. The molecule has 1 atom stereocenters. The van der Waals surface area contributed by atoms with E-state index in [1.54, 1.807) is 18.4 Å². The number of nitrogens with one attached hydrogen (secondary N) is 1. The van der Waals surface area contributed by atoms with Crippen LogP contribution in [0.4, 0.5) is 0 Å². The van der Waals surface area contributed by atoms with Crippen molar-refractivity contribution in [3.63, 3.8) is 0 Å². The highest BCUT2D eigenvalue weighted by Crippen LogP contribution is 2.28. The molecule has 0 aliphatic carbocycles. The number of methoxy groups -OCH3 is 1. The molecule has 1 aromatic heterocycles. The van der Waals surface area contributed by atoms with E-state index in [1.807, 2.05) is 12.1 Å². The summed E-state index contributed by atoms with van der Waals surface area (Å²) in [4.78, 5) is 5.93. The number of hydrogen-bond donors (Lipinski definition) is 1. The lowest BCUT2D eigenvalue weighted by Gasteiger charge is -2.18. The molecule has 0 saturated carbocycles. The van der Waals surface area contributed by atoms with Gasteiger partial charge in [-0.05, 0) is 50.9 Å². The molecule has 4 heteroatoms. The van der Waals surface area contributed by atoms with E-state index >= 15 is 0 Å². The van der Waals surface area contributed by atoms with Gasteiger partial charge in [-0.3, -0.25) is 0 Å². The lowest BCUT2D eigenvalue weighted by atomic mass is 10.0. The van der Waals surface area contributed by atoms with Crippen LogP contribution in [0.3, 0.4) is 0 Å². The summed E-state index contributed by atoms with van der Waals surface area (Å²) in [7, 11) is 1.70. The fourth-order valence-corrected chi connectivity index (χ4v) is 3.45. The molecule has 1 heterocycles. The zero-order chi connectivity index (χ0) is 15.2. The van der Waals surface area contributed by atoms with Crippen LogP contribution in [0.15, 0.2) is 24.3 Å². The molecule has 21 heavy (non-hydrogen) atoms. The average molecular weight is 304 g/mol. The highest BCUT2D eigenvalue weighted by molar-refractivity contribution is 7.11. The molecule has 1 aromatic carbocycles. The first kappa shape index (κ1) is 16.0. The number of aromatic nitrogens is 1. The second kappa shape index (κ2) is 7.57. The fraction of sp³-hybridized carbons (Fsp3) is 0.471. The van der Waals surface area contributed by atoms with Crippen LogP contribution < -0.4 is 10.1 Å². The van der Waals surface area contributed by atoms with Crippen molar-refractivity contribution in [1.82, 2.24) is 10.3 Å². The quantitative estimate of drug-likeness (QED) is 0.838. The number of ether oxygens (including phenoxy) is 1. The summed E-state index contributed by atoms with van der Waals surface area (Å²) in [5.41, 5.74) is 2.47. The maximum atomic E-state index is 5.22. The zero-order valence-electron chi connectivity index (χ0n) is 13.3. The molecular weight excluding hydrogens is 280 g/mol. The summed E-state index contributed by atoms with van der Waals surface area (Å²) in [6, 6.07) is 8.67. The van der Waals surface area contributed by atoms with Crippen molar-refractivity contribution < 1.29 is 4.74 Å². The standard InChI is InChI=1S/C17H24N2OS/c1-5-10-18-16(17-12(2)19-13(3)21-17)11-14-6-8-15(20-4)9-7-14/h6-9,16,18H,5,10-11H2,1-4H3. The van der Waals surface area contributed by atoms with Crippen LogP contribution in [-0.4, -0.2) is 18.6 Å². The van der Waals surface area contributed by atoms with Gasteiger partial charge in [0, 0.05) is 10.9 Å². The van der Waals surface area contributed by atoms with Crippen molar-refractivity contribution in [3.8, 4) is 5.75 Å². The van der Waals surface area contributed by atoms with Crippen LogP contribution in [0, 0.1) is 13.8 Å². The molecule has 0 amide bonds. The van der Waals surface area contributed by atoms with Gasteiger partial charge < -0.3 is 10.1 Å². The number of thiazole rings is 1. The van der Waals surface area contributed by atoms with E-state index in [1.165, 1.54) is 10.4 Å². The maximum absolute atomic E-state index is 5.22. The van der Waals surface area contributed by atoms with Crippen molar-refractivity contribution in [1.29, 1.82) is 0 Å². The highest BCUT2D eigenvalue weighted by Gasteiger charge is 2.17. The summed E-state index contributed by atoms with van der Waals surface area (Å²) in [5, 5.41) is 4.80. The van der Waals surface area contributed by atoms with Crippen molar-refractivity contribution >= 4 is 11.3 Å². The normalized spacial score (nSPS) is 12.4. The molecule has 0 aliphatic heterocycles. The van der Waals surface area contributed by atoms with Gasteiger partial charge in [0.05, 0.1) is 17.8 Å². The van der Waals surface area contributed by atoms with Crippen LogP contribution in [0.2, 0.25) is 0 Å². The van der Waals surface area contributed by atoms with Crippen molar-refractivity contribution in [2.75, 3.05) is 13.7 Å². The Balaban J connectivity index is 2.17. The van der Waals surface area contributed by atoms with Crippen LogP contribution >= 0.6 is 11.3 Å². The molecule has 1 N–H and O–H groups in total. The largest absolute Gasteiger partial charge is 0.497 e. The van der Waals surface area contributed by atoms with E-state index in [9.17, 15) is 0 Å². The molecule has 0 aliphatic rings. The molecule has 0 saturated heterocycles. The van der Waals surface area contributed by atoms with Gasteiger partial charge in [0.15, 0.2) is 0 Å². The smallest absolute Gasteiger partial charge is 0.118 e. The predicted octanol–water partition coefficient (Wildman–Crippen LogP) is 4.05. The Morgan fingerprint density at radius 1 is 1.24 bits per heavy atom. The van der Waals surface area contributed by atoms with Crippen molar-refractivity contribution in [2.24, 2.45) is 0 Å². The Morgan fingerprint density at radius 3 is 2.48 bits per heavy atom. The van der Waals surface area contributed by atoms with E-state index in [2.05, 4.69) is 43.2 Å². The number of benzene rings is 1. The summed E-state index contributed by atoms with van der Waals surface area (Å²) in [5.74, 6) is 0.904. The number of hydrogen-bond acceptors (Lipinski definition) is 4. The summed E-state index contributed by atoms with van der Waals surface area (Å²) >= 11 is 1.80. The van der Waals surface area contributed by atoms with Crippen LogP contribution in [0.1, 0.15) is 40.5 Å². The van der Waals surface area contributed by atoms with E-state index < -0.39 is 0 Å². The van der Waals surface area contributed by atoms with E-state index in [-0.39, 0.29) is 0 Å². The van der Waals surface area contributed by atoms with Gasteiger partial charge in [-0.2, -0.15) is 0 Å². The Hall–Kier alpha value is -1.39. The molecule has 0 radical (unpaired) electrons. The molecule has 1 unspecified atom stereocenters. The third-order valence-electron chi connectivity index (χ3n) is 3.50. The van der Waals surface area contributed by atoms with Crippen LogP contribution in [-0.2, 0) is 6.42 Å².